The molecule has 1 aromatic carbocycles. The first-order valence-corrected chi connectivity index (χ1v) is 4.17. The van der Waals surface area contributed by atoms with Crippen LogP contribution in [0.25, 0.3) is 0 Å². The van der Waals surface area contributed by atoms with Gasteiger partial charge < -0.3 is 10.2 Å². The van der Waals surface area contributed by atoms with Crippen LogP contribution in [0.2, 0.25) is 0 Å². The number of hydrogen-bond donors (Lipinski definition) is 2. The molecule has 0 atom stereocenters. The van der Waals surface area contributed by atoms with Crippen molar-refractivity contribution in [1.82, 2.24) is 0 Å². The van der Waals surface area contributed by atoms with Gasteiger partial charge in [0.2, 0.25) is 0 Å². The van der Waals surface area contributed by atoms with E-state index in [0.29, 0.717) is 0 Å². The SMILES string of the molecule is OCc1cccc(C2(O)CC2)c1. The van der Waals surface area contributed by atoms with E-state index in [1.54, 1.807) is 0 Å². The van der Waals surface area contributed by atoms with Gasteiger partial charge >= 0.3 is 0 Å². The predicted octanol–water partition coefficient (Wildman–Crippen LogP) is 1.16. The van der Waals surface area contributed by atoms with Crippen molar-refractivity contribution in [2.75, 3.05) is 0 Å². The number of aliphatic hydroxyl groups excluding tert-OH is 1. The van der Waals surface area contributed by atoms with Gasteiger partial charge in [-0.15, -0.1) is 0 Å². The van der Waals surface area contributed by atoms with Gasteiger partial charge in [-0.25, -0.2) is 0 Å². The van der Waals surface area contributed by atoms with Crippen molar-refractivity contribution in [1.29, 1.82) is 0 Å². The van der Waals surface area contributed by atoms with Crippen molar-refractivity contribution in [2.45, 2.75) is 25.0 Å². The van der Waals surface area contributed by atoms with Crippen molar-refractivity contribution in [3.8, 4) is 0 Å². The lowest BCUT2D eigenvalue weighted by molar-refractivity contribution is 0.151. The van der Waals surface area contributed by atoms with Crippen molar-refractivity contribution in [3.63, 3.8) is 0 Å². The first-order chi connectivity index (χ1) is 5.74. The molecular formula is C10H12O2. The Labute approximate surface area is 71.5 Å². The van der Waals surface area contributed by atoms with Crippen LogP contribution in [0.4, 0.5) is 0 Å². The van der Waals surface area contributed by atoms with Gasteiger partial charge in [-0.1, -0.05) is 24.3 Å². The number of benzene rings is 1. The first kappa shape index (κ1) is 7.77. The van der Waals surface area contributed by atoms with Gasteiger partial charge in [-0.3, -0.25) is 0 Å². The van der Waals surface area contributed by atoms with Crippen LogP contribution in [0.15, 0.2) is 24.3 Å². The molecule has 12 heavy (non-hydrogen) atoms. The van der Waals surface area contributed by atoms with Gasteiger partial charge in [0.1, 0.15) is 0 Å². The summed E-state index contributed by atoms with van der Waals surface area (Å²) in [6.45, 7) is 0.0456. The highest BCUT2D eigenvalue weighted by Gasteiger charge is 2.41. The molecule has 0 radical (unpaired) electrons. The van der Waals surface area contributed by atoms with Gasteiger partial charge in [0, 0.05) is 0 Å². The third kappa shape index (κ3) is 1.24. The summed E-state index contributed by atoms with van der Waals surface area (Å²) >= 11 is 0. The molecule has 1 saturated carbocycles. The van der Waals surface area contributed by atoms with Crippen LogP contribution in [0.1, 0.15) is 24.0 Å². The Morgan fingerprint density at radius 3 is 2.67 bits per heavy atom. The van der Waals surface area contributed by atoms with Gasteiger partial charge in [-0.2, -0.15) is 0 Å². The first-order valence-electron chi connectivity index (χ1n) is 4.17. The fraction of sp³-hybridized carbons (Fsp3) is 0.400. The molecule has 0 saturated heterocycles. The zero-order valence-electron chi connectivity index (χ0n) is 6.83. The second kappa shape index (κ2) is 2.57. The highest BCUT2D eigenvalue weighted by molar-refractivity contribution is 5.31. The van der Waals surface area contributed by atoms with Crippen LogP contribution >= 0.6 is 0 Å². The third-order valence-corrected chi connectivity index (χ3v) is 2.37. The van der Waals surface area contributed by atoms with E-state index in [1.807, 2.05) is 24.3 Å². The quantitative estimate of drug-likeness (QED) is 0.688. The molecule has 0 aliphatic heterocycles. The maximum atomic E-state index is 9.74. The fourth-order valence-electron chi connectivity index (χ4n) is 1.37. The summed E-state index contributed by atoms with van der Waals surface area (Å²) in [5, 5.41) is 18.6. The van der Waals surface area contributed by atoms with Gasteiger partial charge in [0.15, 0.2) is 0 Å². The number of aliphatic hydroxyl groups is 2. The van der Waals surface area contributed by atoms with Gasteiger partial charge in [0.25, 0.3) is 0 Å². The largest absolute Gasteiger partial charge is 0.392 e. The summed E-state index contributed by atoms with van der Waals surface area (Å²) in [5.41, 5.74) is 1.23. The van der Waals surface area contributed by atoms with E-state index in [4.69, 9.17) is 5.11 Å². The second-order valence-electron chi connectivity index (χ2n) is 3.39. The van der Waals surface area contributed by atoms with E-state index >= 15 is 0 Å². The maximum absolute atomic E-state index is 9.74. The maximum Gasteiger partial charge on any atom is 0.0899 e. The van der Waals surface area contributed by atoms with Crippen LogP contribution in [0, 0.1) is 0 Å². The average Bonchev–Trinajstić information content (AvgIpc) is 2.85. The molecule has 0 bridgehead atoms. The summed E-state index contributed by atoms with van der Waals surface area (Å²) in [6, 6.07) is 7.51. The molecule has 2 N–H and O–H groups in total. The van der Waals surface area contributed by atoms with E-state index in [1.165, 1.54) is 0 Å². The molecule has 2 heteroatoms. The third-order valence-electron chi connectivity index (χ3n) is 2.37. The molecule has 0 spiro atoms. The highest BCUT2D eigenvalue weighted by Crippen LogP contribution is 2.45. The standard InChI is InChI=1S/C10H12O2/c11-7-8-2-1-3-9(6-8)10(12)4-5-10/h1-3,6,11-12H,4-5,7H2. The Morgan fingerprint density at radius 1 is 1.33 bits per heavy atom. The Kier molecular flexibility index (Phi) is 1.67. The van der Waals surface area contributed by atoms with Crippen LogP contribution < -0.4 is 0 Å². The molecule has 1 fully saturated rings. The lowest BCUT2D eigenvalue weighted by atomic mass is 10.1. The van der Waals surface area contributed by atoms with Gasteiger partial charge in [-0.05, 0) is 24.0 Å². The fourth-order valence-corrected chi connectivity index (χ4v) is 1.37. The van der Waals surface area contributed by atoms with Crippen molar-refractivity contribution < 1.29 is 10.2 Å². The minimum Gasteiger partial charge on any atom is -0.392 e. The van der Waals surface area contributed by atoms with E-state index in [2.05, 4.69) is 0 Å². The lowest BCUT2D eigenvalue weighted by Crippen LogP contribution is -2.04. The monoisotopic (exact) mass is 164 g/mol. The Hall–Kier alpha value is -0.860. The molecule has 0 unspecified atom stereocenters. The molecule has 0 aromatic heterocycles. The molecule has 0 amide bonds. The average molecular weight is 164 g/mol. The van der Waals surface area contributed by atoms with E-state index < -0.39 is 5.60 Å². The zero-order chi connectivity index (χ0) is 8.60. The highest BCUT2D eigenvalue weighted by atomic mass is 16.3. The Balaban J connectivity index is 2.32. The van der Waals surface area contributed by atoms with Crippen LogP contribution in [0.5, 0.6) is 0 Å². The molecular weight excluding hydrogens is 152 g/mol. The second-order valence-corrected chi connectivity index (χ2v) is 3.39. The van der Waals surface area contributed by atoms with Crippen molar-refractivity contribution in [3.05, 3.63) is 35.4 Å². The zero-order valence-corrected chi connectivity index (χ0v) is 6.83. The molecule has 0 heterocycles. The lowest BCUT2D eigenvalue weighted by Gasteiger charge is -2.08. The topological polar surface area (TPSA) is 40.5 Å². The van der Waals surface area contributed by atoms with Crippen LogP contribution in [-0.2, 0) is 12.2 Å². The normalized spacial score (nSPS) is 19.2. The van der Waals surface area contributed by atoms with Crippen LogP contribution in [-0.4, -0.2) is 10.2 Å². The molecule has 2 nitrogen and oxygen atoms in total. The smallest absolute Gasteiger partial charge is 0.0899 e. The molecule has 64 valence electrons. The Morgan fingerprint density at radius 2 is 2.08 bits per heavy atom. The summed E-state index contributed by atoms with van der Waals surface area (Å²) in [5.74, 6) is 0. The van der Waals surface area contributed by atoms with E-state index in [-0.39, 0.29) is 6.61 Å². The molecule has 1 aliphatic carbocycles. The van der Waals surface area contributed by atoms with Crippen molar-refractivity contribution >= 4 is 0 Å². The minimum atomic E-state index is -0.578. The van der Waals surface area contributed by atoms with E-state index in [9.17, 15) is 5.11 Å². The van der Waals surface area contributed by atoms with Crippen molar-refractivity contribution in [2.24, 2.45) is 0 Å². The minimum absolute atomic E-state index is 0.0456. The molecule has 2 rings (SSSR count). The van der Waals surface area contributed by atoms with E-state index in [0.717, 1.165) is 24.0 Å². The number of hydrogen-bond acceptors (Lipinski definition) is 2. The number of rotatable bonds is 2. The Bertz CT molecular complexity index is 290. The van der Waals surface area contributed by atoms with Crippen LogP contribution in [0.3, 0.4) is 0 Å². The molecule has 1 aliphatic rings. The predicted molar refractivity (Wildman–Crippen MR) is 45.5 cm³/mol. The molecule has 1 aromatic rings. The summed E-state index contributed by atoms with van der Waals surface area (Å²) in [4.78, 5) is 0. The summed E-state index contributed by atoms with van der Waals surface area (Å²) in [6.07, 6.45) is 1.70. The summed E-state index contributed by atoms with van der Waals surface area (Å²) < 4.78 is 0. The summed E-state index contributed by atoms with van der Waals surface area (Å²) in [7, 11) is 0. The van der Waals surface area contributed by atoms with Gasteiger partial charge in [0.05, 0.1) is 12.2 Å².